The van der Waals surface area contributed by atoms with Gasteiger partial charge in [0.2, 0.25) is 0 Å². The van der Waals surface area contributed by atoms with Crippen LogP contribution in [0.5, 0.6) is 0 Å². The van der Waals surface area contributed by atoms with Gasteiger partial charge in [-0.25, -0.2) is 0 Å². The Morgan fingerprint density at radius 3 is 2.00 bits per heavy atom. The standard InChI is InChI=1S/C33H39NO10/c1-7-23-13-15-24(16-14-23)29(39-8-2)26-17-34(27-12-10-9-11-25(26)27)33-32(43-22(6)38)31(42-21(5)37)30(41-20(4)36)28(44-33)18-40-19(3)35/h9-17,28-33H,7-8,18H2,1-6H3/t28-,29?,30-,31+,32-,33-/m1/s1. The van der Waals surface area contributed by atoms with Crippen molar-refractivity contribution < 1.29 is 47.6 Å². The molecule has 0 radical (unpaired) electrons. The quantitative estimate of drug-likeness (QED) is 0.225. The molecular weight excluding hydrogens is 570 g/mol. The molecule has 11 heteroatoms. The zero-order valence-corrected chi connectivity index (χ0v) is 25.8. The van der Waals surface area contributed by atoms with Gasteiger partial charge in [-0.05, 0) is 30.5 Å². The van der Waals surface area contributed by atoms with Crippen molar-refractivity contribution in [2.45, 2.75) is 84.7 Å². The van der Waals surface area contributed by atoms with Crippen LogP contribution >= 0.6 is 0 Å². The molecule has 11 nitrogen and oxygen atoms in total. The van der Waals surface area contributed by atoms with E-state index in [1.165, 1.54) is 33.3 Å². The van der Waals surface area contributed by atoms with E-state index in [1.54, 1.807) is 4.57 Å². The molecule has 2 heterocycles. The van der Waals surface area contributed by atoms with E-state index in [4.69, 9.17) is 28.4 Å². The maximum atomic E-state index is 12.4. The van der Waals surface area contributed by atoms with Crippen LogP contribution < -0.4 is 0 Å². The Morgan fingerprint density at radius 1 is 0.795 bits per heavy atom. The van der Waals surface area contributed by atoms with Crippen molar-refractivity contribution in [3.63, 3.8) is 0 Å². The summed E-state index contributed by atoms with van der Waals surface area (Å²) >= 11 is 0. The molecule has 6 atom stereocenters. The Bertz CT molecular complexity index is 1480. The predicted octanol–water partition coefficient (Wildman–Crippen LogP) is 4.59. The number of aromatic nitrogens is 1. The van der Waals surface area contributed by atoms with Crippen molar-refractivity contribution in [3.8, 4) is 0 Å². The number of para-hydroxylation sites is 1. The first-order chi connectivity index (χ1) is 21.0. The van der Waals surface area contributed by atoms with E-state index < -0.39 is 60.6 Å². The summed E-state index contributed by atoms with van der Waals surface area (Å²) in [6.07, 6.45) is -3.60. The number of carbonyl (C=O) groups is 4. The summed E-state index contributed by atoms with van der Waals surface area (Å²) in [6, 6.07) is 15.8. The monoisotopic (exact) mass is 609 g/mol. The number of benzene rings is 2. The van der Waals surface area contributed by atoms with E-state index in [0.29, 0.717) is 6.61 Å². The second-order valence-corrected chi connectivity index (χ2v) is 10.5. The van der Waals surface area contributed by atoms with Crippen molar-refractivity contribution >= 4 is 34.8 Å². The number of rotatable bonds is 11. The lowest BCUT2D eigenvalue weighted by molar-refractivity contribution is -0.267. The number of ether oxygens (including phenoxy) is 6. The van der Waals surface area contributed by atoms with E-state index in [9.17, 15) is 19.2 Å². The zero-order valence-electron chi connectivity index (χ0n) is 25.8. The number of carbonyl (C=O) groups excluding carboxylic acids is 4. The summed E-state index contributed by atoms with van der Waals surface area (Å²) in [6.45, 7) is 8.98. The lowest BCUT2D eigenvalue weighted by Crippen LogP contribution is -2.60. The Kier molecular flexibility index (Phi) is 10.8. The summed E-state index contributed by atoms with van der Waals surface area (Å²) in [5.74, 6) is -2.63. The highest BCUT2D eigenvalue weighted by Gasteiger charge is 2.53. The van der Waals surface area contributed by atoms with E-state index in [1.807, 2.05) is 49.5 Å². The number of aryl methyl sites for hydroxylation is 1. The molecule has 1 aliphatic rings. The average molecular weight is 610 g/mol. The van der Waals surface area contributed by atoms with Gasteiger partial charge in [0.1, 0.15) is 18.8 Å². The fraction of sp³-hybridized carbons (Fsp3) is 0.455. The molecule has 0 saturated carbocycles. The second kappa shape index (κ2) is 14.5. The molecule has 1 unspecified atom stereocenters. The Balaban J connectivity index is 1.90. The van der Waals surface area contributed by atoms with Crippen LogP contribution in [0.1, 0.15) is 70.6 Å². The zero-order chi connectivity index (χ0) is 32.0. The third-order valence-corrected chi connectivity index (χ3v) is 7.32. The van der Waals surface area contributed by atoms with Crippen molar-refractivity contribution in [1.82, 2.24) is 4.57 Å². The Hall–Kier alpha value is -4.22. The first-order valence-corrected chi connectivity index (χ1v) is 14.6. The highest BCUT2D eigenvalue weighted by Crippen LogP contribution is 2.40. The van der Waals surface area contributed by atoms with Gasteiger partial charge in [-0.15, -0.1) is 0 Å². The fourth-order valence-electron chi connectivity index (χ4n) is 5.54. The molecule has 1 aromatic heterocycles. The van der Waals surface area contributed by atoms with Crippen molar-refractivity contribution in [3.05, 3.63) is 71.4 Å². The second-order valence-electron chi connectivity index (χ2n) is 10.5. The molecule has 1 aliphatic heterocycles. The lowest BCUT2D eigenvalue weighted by Gasteiger charge is -2.44. The number of nitrogens with zero attached hydrogens (tertiary/aromatic N) is 1. The molecular formula is C33H39NO10. The van der Waals surface area contributed by atoms with Gasteiger partial charge in [0.25, 0.3) is 0 Å². The van der Waals surface area contributed by atoms with E-state index in [2.05, 4.69) is 19.1 Å². The van der Waals surface area contributed by atoms with Crippen molar-refractivity contribution in [2.75, 3.05) is 13.2 Å². The highest BCUT2D eigenvalue weighted by molar-refractivity contribution is 5.85. The minimum Gasteiger partial charge on any atom is -0.463 e. The summed E-state index contributed by atoms with van der Waals surface area (Å²) in [5, 5.41) is 0.860. The van der Waals surface area contributed by atoms with Crippen LogP contribution in [-0.2, 0) is 54.0 Å². The van der Waals surface area contributed by atoms with Gasteiger partial charge in [0, 0.05) is 51.4 Å². The van der Waals surface area contributed by atoms with Gasteiger partial charge in [0.05, 0.1) is 5.52 Å². The SMILES string of the molecule is CCOC(c1ccc(CC)cc1)c1cn([C@@H]2O[C@H](COC(C)=O)[C@@H](OC(C)=O)[C@H](OC(C)=O)[C@H]2OC(C)=O)c2ccccc12. The molecule has 0 N–H and O–H groups in total. The van der Waals surface area contributed by atoms with Crippen molar-refractivity contribution in [2.24, 2.45) is 0 Å². The molecule has 0 aliphatic carbocycles. The molecule has 44 heavy (non-hydrogen) atoms. The summed E-state index contributed by atoms with van der Waals surface area (Å²) in [5.41, 5.74) is 3.70. The van der Waals surface area contributed by atoms with Crippen LogP contribution in [0.3, 0.4) is 0 Å². The number of hydrogen-bond acceptors (Lipinski definition) is 10. The lowest BCUT2D eigenvalue weighted by atomic mass is 9.97. The first-order valence-electron chi connectivity index (χ1n) is 14.6. The maximum Gasteiger partial charge on any atom is 0.303 e. The average Bonchev–Trinajstić information content (AvgIpc) is 3.35. The van der Waals surface area contributed by atoms with Crippen LogP contribution in [0.4, 0.5) is 0 Å². The van der Waals surface area contributed by atoms with Gasteiger partial charge in [-0.3, -0.25) is 19.2 Å². The molecule has 3 aromatic rings. The molecule has 1 fully saturated rings. The normalized spacial score (nSPS) is 22.2. The molecule has 4 rings (SSSR count). The third-order valence-electron chi connectivity index (χ3n) is 7.32. The topological polar surface area (TPSA) is 129 Å². The van der Waals surface area contributed by atoms with Crippen LogP contribution in [0, 0.1) is 0 Å². The first kappa shape index (κ1) is 32.7. The maximum absolute atomic E-state index is 12.4. The Labute approximate surface area is 256 Å². The Morgan fingerprint density at radius 2 is 1.41 bits per heavy atom. The van der Waals surface area contributed by atoms with Gasteiger partial charge in [-0.2, -0.15) is 0 Å². The van der Waals surface area contributed by atoms with E-state index in [-0.39, 0.29) is 6.61 Å². The van der Waals surface area contributed by atoms with E-state index >= 15 is 0 Å². The fourth-order valence-corrected chi connectivity index (χ4v) is 5.54. The number of hydrogen-bond donors (Lipinski definition) is 0. The van der Waals surface area contributed by atoms with Gasteiger partial charge < -0.3 is 33.0 Å². The largest absolute Gasteiger partial charge is 0.463 e. The van der Waals surface area contributed by atoms with Crippen LogP contribution in [0.2, 0.25) is 0 Å². The van der Waals surface area contributed by atoms with Crippen LogP contribution in [-0.4, -0.2) is 66.1 Å². The molecule has 2 aromatic carbocycles. The smallest absolute Gasteiger partial charge is 0.303 e. The summed E-state index contributed by atoms with van der Waals surface area (Å²) in [4.78, 5) is 48.6. The predicted molar refractivity (Wildman–Crippen MR) is 158 cm³/mol. The van der Waals surface area contributed by atoms with Crippen molar-refractivity contribution in [1.29, 1.82) is 0 Å². The molecule has 236 valence electrons. The molecule has 0 bridgehead atoms. The number of fused-ring (bicyclic) bond motifs is 1. The van der Waals surface area contributed by atoms with Gasteiger partial charge in [-0.1, -0.05) is 49.4 Å². The minimum absolute atomic E-state index is 0.314. The summed E-state index contributed by atoms with van der Waals surface area (Å²) < 4.78 is 36.7. The highest BCUT2D eigenvalue weighted by atomic mass is 16.7. The number of esters is 4. The summed E-state index contributed by atoms with van der Waals surface area (Å²) in [7, 11) is 0. The van der Waals surface area contributed by atoms with Crippen LogP contribution in [0.25, 0.3) is 10.9 Å². The van der Waals surface area contributed by atoms with E-state index in [0.717, 1.165) is 28.5 Å². The third kappa shape index (κ3) is 7.46. The molecule has 0 amide bonds. The minimum atomic E-state index is -1.28. The molecule has 1 saturated heterocycles. The molecule has 0 spiro atoms. The van der Waals surface area contributed by atoms with Gasteiger partial charge >= 0.3 is 23.9 Å². The van der Waals surface area contributed by atoms with Crippen LogP contribution in [0.15, 0.2) is 54.7 Å². The van der Waals surface area contributed by atoms with Gasteiger partial charge in [0.15, 0.2) is 24.5 Å².